The molecule has 94 valence electrons. The third kappa shape index (κ3) is 2.98. The van der Waals surface area contributed by atoms with Gasteiger partial charge in [-0.3, -0.25) is 4.90 Å². The molecule has 1 aliphatic carbocycles. The van der Waals surface area contributed by atoms with Gasteiger partial charge in [-0.1, -0.05) is 20.8 Å². The van der Waals surface area contributed by atoms with Crippen molar-refractivity contribution < 1.29 is 0 Å². The van der Waals surface area contributed by atoms with E-state index in [0.29, 0.717) is 0 Å². The van der Waals surface area contributed by atoms with Gasteiger partial charge in [0.2, 0.25) is 0 Å². The van der Waals surface area contributed by atoms with Gasteiger partial charge in [-0.2, -0.15) is 0 Å². The number of hydrogen-bond donors (Lipinski definition) is 1. The van der Waals surface area contributed by atoms with E-state index in [-0.39, 0.29) is 0 Å². The van der Waals surface area contributed by atoms with Crippen LogP contribution in [-0.2, 0) is 0 Å². The lowest BCUT2D eigenvalue weighted by molar-refractivity contribution is 0.0792. The zero-order valence-corrected chi connectivity index (χ0v) is 11.2. The van der Waals surface area contributed by atoms with Gasteiger partial charge in [-0.25, -0.2) is 0 Å². The highest BCUT2D eigenvalue weighted by atomic mass is 15.2. The molecule has 1 saturated heterocycles. The van der Waals surface area contributed by atoms with Crippen molar-refractivity contribution in [2.24, 2.45) is 17.8 Å². The molecular formula is C14H28N2. The second kappa shape index (κ2) is 5.50. The predicted octanol–water partition coefficient (Wildman–Crippen LogP) is 2.35. The Hall–Kier alpha value is -0.0800. The van der Waals surface area contributed by atoms with E-state index in [0.717, 1.165) is 23.8 Å². The normalized spacial score (nSPS) is 35.6. The number of likely N-dealkylation sites (tertiary alicyclic amines) is 1. The molecule has 1 saturated carbocycles. The molecule has 2 rings (SSSR count). The lowest BCUT2D eigenvalue weighted by atomic mass is 9.78. The minimum Gasteiger partial charge on any atom is -0.316 e. The Morgan fingerprint density at radius 2 is 2.06 bits per heavy atom. The largest absolute Gasteiger partial charge is 0.316 e. The van der Waals surface area contributed by atoms with Crippen molar-refractivity contribution in [2.75, 3.05) is 26.2 Å². The fraction of sp³-hybridized carbons (Fsp3) is 1.00. The van der Waals surface area contributed by atoms with Crippen LogP contribution in [0.3, 0.4) is 0 Å². The Bertz CT molecular complexity index is 215. The Kier molecular flexibility index (Phi) is 4.26. The first-order valence-electron chi connectivity index (χ1n) is 7.11. The van der Waals surface area contributed by atoms with Crippen LogP contribution >= 0.6 is 0 Å². The summed E-state index contributed by atoms with van der Waals surface area (Å²) in [5, 5.41) is 3.62. The molecule has 0 aromatic rings. The van der Waals surface area contributed by atoms with Gasteiger partial charge in [0.1, 0.15) is 0 Å². The molecule has 2 nitrogen and oxygen atoms in total. The summed E-state index contributed by atoms with van der Waals surface area (Å²) in [6.07, 6.45) is 4.31. The van der Waals surface area contributed by atoms with E-state index in [1.807, 2.05) is 0 Å². The summed E-state index contributed by atoms with van der Waals surface area (Å²) in [4.78, 5) is 2.75. The highest BCUT2D eigenvalue weighted by Gasteiger charge is 2.37. The molecule has 0 aromatic heterocycles. The van der Waals surface area contributed by atoms with Gasteiger partial charge < -0.3 is 5.32 Å². The maximum absolute atomic E-state index is 3.62. The average Bonchev–Trinajstić information content (AvgIpc) is 2.57. The van der Waals surface area contributed by atoms with Crippen LogP contribution in [0, 0.1) is 17.8 Å². The van der Waals surface area contributed by atoms with Gasteiger partial charge in [0.15, 0.2) is 0 Å². The molecular weight excluding hydrogens is 196 g/mol. The monoisotopic (exact) mass is 224 g/mol. The second-order valence-electron chi connectivity index (χ2n) is 6.35. The minimum atomic E-state index is 0.783. The van der Waals surface area contributed by atoms with Crippen molar-refractivity contribution in [3.8, 4) is 0 Å². The summed E-state index contributed by atoms with van der Waals surface area (Å²) < 4.78 is 0. The zero-order chi connectivity index (χ0) is 11.5. The molecule has 2 aliphatic rings. The fourth-order valence-corrected chi connectivity index (χ4v) is 3.10. The molecule has 0 aromatic carbocycles. The van der Waals surface area contributed by atoms with Crippen molar-refractivity contribution >= 4 is 0 Å². The molecule has 1 N–H and O–H groups in total. The first-order chi connectivity index (χ1) is 7.66. The van der Waals surface area contributed by atoms with Gasteiger partial charge in [-0.15, -0.1) is 0 Å². The van der Waals surface area contributed by atoms with Crippen LogP contribution in [0.25, 0.3) is 0 Å². The summed E-state index contributed by atoms with van der Waals surface area (Å²) in [6.45, 7) is 12.1. The van der Waals surface area contributed by atoms with E-state index in [4.69, 9.17) is 0 Å². The van der Waals surface area contributed by atoms with Gasteiger partial charge in [0, 0.05) is 12.6 Å². The second-order valence-corrected chi connectivity index (χ2v) is 6.35. The van der Waals surface area contributed by atoms with E-state index in [1.165, 1.54) is 45.4 Å². The Morgan fingerprint density at radius 1 is 1.25 bits per heavy atom. The Labute approximate surface area is 101 Å². The van der Waals surface area contributed by atoms with Gasteiger partial charge >= 0.3 is 0 Å². The molecule has 0 radical (unpaired) electrons. The molecule has 3 unspecified atom stereocenters. The molecule has 0 amide bonds. The third-order valence-electron chi connectivity index (χ3n) is 4.26. The maximum Gasteiger partial charge on any atom is 0.0136 e. The van der Waals surface area contributed by atoms with Gasteiger partial charge in [0.25, 0.3) is 0 Å². The van der Waals surface area contributed by atoms with Crippen LogP contribution in [-0.4, -0.2) is 37.1 Å². The van der Waals surface area contributed by atoms with E-state index < -0.39 is 0 Å². The highest BCUT2D eigenvalue weighted by Crippen LogP contribution is 2.34. The van der Waals surface area contributed by atoms with Crippen LogP contribution in [0.5, 0.6) is 0 Å². The Balaban J connectivity index is 1.67. The standard InChI is InChI=1S/C14H28N2/c1-11(2)8-15-9-13-4-5-14(13)16-7-6-12(3)10-16/h11-15H,4-10H2,1-3H3. The Morgan fingerprint density at radius 3 is 2.56 bits per heavy atom. The fourth-order valence-electron chi connectivity index (χ4n) is 3.10. The average molecular weight is 224 g/mol. The maximum atomic E-state index is 3.62. The highest BCUT2D eigenvalue weighted by molar-refractivity contribution is 4.92. The van der Waals surface area contributed by atoms with Crippen LogP contribution in [0.2, 0.25) is 0 Å². The first-order valence-corrected chi connectivity index (χ1v) is 7.11. The van der Waals surface area contributed by atoms with Gasteiger partial charge in [0.05, 0.1) is 0 Å². The van der Waals surface area contributed by atoms with Crippen molar-refractivity contribution in [2.45, 2.75) is 46.1 Å². The van der Waals surface area contributed by atoms with Crippen molar-refractivity contribution in [1.29, 1.82) is 0 Å². The zero-order valence-electron chi connectivity index (χ0n) is 11.2. The SMILES string of the molecule is CC(C)CNCC1CCC1N1CCC(C)C1. The first kappa shape index (κ1) is 12.4. The molecule has 2 heteroatoms. The molecule has 1 aliphatic heterocycles. The van der Waals surface area contributed by atoms with Crippen LogP contribution < -0.4 is 5.32 Å². The van der Waals surface area contributed by atoms with Crippen molar-refractivity contribution in [3.05, 3.63) is 0 Å². The molecule has 0 bridgehead atoms. The van der Waals surface area contributed by atoms with E-state index in [1.54, 1.807) is 0 Å². The lowest BCUT2D eigenvalue weighted by Gasteiger charge is -2.43. The van der Waals surface area contributed by atoms with E-state index in [2.05, 4.69) is 31.0 Å². The molecule has 0 spiro atoms. The quantitative estimate of drug-likeness (QED) is 0.771. The van der Waals surface area contributed by atoms with Crippen LogP contribution in [0.1, 0.15) is 40.0 Å². The van der Waals surface area contributed by atoms with Crippen molar-refractivity contribution in [1.82, 2.24) is 10.2 Å². The smallest absolute Gasteiger partial charge is 0.0136 e. The molecule has 2 fully saturated rings. The molecule has 1 heterocycles. The summed E-state index contributed by atoms with van der Waals surface area (Å²) >= 11 is 0. The predicted molar refractivity (Wildman–Crippen MR) is 69.6 cm³/mol. The molecule has 16 heavy (non-hydrogen) atoms. The van der Waals surface area contributed by atoms with Crippen LogP contribution in [0.15, 0.2) is 0 Å². The summed E-state index contributed by atoms with van der Waals surface area (Å²) in [6, 6.07) is 0.907. The number of hydrogen-bond acceptors (Lipinski definition) is 2. The topological polar surface area (TPSA) is 15.3 Å². The number of rotatable bonds is 5. The van der Waals surface area contributed by atoms with E-state index >= 15 is 0 Å². The minimum absolute atomic E-state index is 0.783. The van der Waals surface area contributed by atoms with Crippen LogP contribution in [0.4, 0.5) is 0 Å². The van der Waals surface area contributed by atoms with E-state index in [9.17, 15) is 0 Å². The number of nitrogens with one attached hydrogen (secondary N) is 1. The third-order valence-corrected chi connectivity index (χ3v) is 4.26. The summed E-state index contributed by atoms with van der Waals surface area (Å²) in [7, 11) is 0. The lowest BCUT2D eigenvalue weighted by Crippen LogP contribution is -2.49. The summed E-state index contributed by atoms with van der Waals surface area (Å²) in [5.74, 6) is 2.65. The molecule has 3 atom stereocenters. The summed E-state index contributed by atoms with van der Waals surface area (Å²) in [5.41, 5.74) is 0. The van der Waals surface area contributed by atoms with Gasteiger partial charge in [-0.05, 0) is 56.7 Å². The van der Waals surface area contributed by atoms with Crippen molar-refractivity contribution in [3.63, 3.8) is 0 Å². The number of nitrogens with zero attached hydrogens (tertiary/aromatic N) is 1.